The van der Waals surface area contributed by atoms with E-state index in [1.54, 1.807) is 0 Å². The van der Waals surface area contributed by atoms with Gasteiger partial charge in [0.2, 0.25) is 0 Å². The monoisotopic (exact) mass is 214 g/mol. The number of esters is 1. The average Bonchev–Trinajstić information content (AvgIpc) is 2.25. The first kappa shape index (κ1) is 11.7. The van der Waals surface area contributed by atoms with Crippen LogP contribution in [0.15, 0.2) is 0 Å². The van der Waals surface area contributed by atoms with Gasteiger partial charge in [-0.1, -0.05) is 12.8 Å². The molecule has 1 aliphatic carbocycles. The molecule has 15 heavy (non-hydrogen) atoms. The molecule has 0 radical (unpaired) electrons. The summed E-state index contributed by atoms with van der Waals surface area (Å²) in [6, 6.07) is 0. The Labute approximate surface area is 87.4 Å². The van der Waals surface area contributed by atoms with E-state index >= 15 is 0 Å². The molecule has 1 rings (SSSR count). The zero-order chi connectivity index (χ0) is 11.3. The summed E-state index contributed by atoms with van der Waals surface area (Å²) in [5, 5.41) is 8.91. The lowest BCUT2D eigenvalue weighted by Crippen LogP contribution is -2.34. The number of carbonyl (C=O) groups is 3. The van der Waals surface area contributed by atoms with Crippen molar-refractivity contribution < 1.29 is 24.2 Å². The molecule has 0 aromatic rings. The quantitative estimate of drug-likeness (QED) is 0.548. The van der Waals surface area contributed by atoms with Crippen LogP contribution in [0.4, 0.5) is 0 Å². The molecule has 0 spiro atoms. The number of rotatable bonds is 4. The Balaban J connectivity index is 2.58. The van der Waals surface area contributed by atoms with Gasteiger partial charge in [-0.05, 0) is 12.8 Å². The Morgan fingerprint density at radius 2 is 1.87 bits per heavy atom. The van der Waals surface area contributed by atoms with E-state index in [0.29, 0.717) is 19.1 Å². The summed E-state index contributed by atoms with van der Waals surface area (Å²) in [4.78, 5) is 32.3. The van der Waals surface area contributed by atoms with Gasteiger partial charge in [-0.15, -0.1) is 0 Å². The number of carboxylic acid groups (broad SMARTS) is 1. The Morgan fingerprint density at radius 1 is 1.27 bits per heavy atom. The Bertz CT molecular complexity index is 261. The number of ether oxygens (including phenoxy) is 1. The minimum absolute atomic E-state index is 0.290. The molecular weight excluding hydrogens is 200 g/mol. The molecule has 2 unspecified atom stereocenters. The van der Waals surface area contributed by atoms with Gasteiger partial charge in [0.15, 0.2) is 6.29 Å². The molecule has 84 valence electrons. The molecule has 5 nitrogen and oxygen atoms in total. The van der Waals surface area contributed by atoms with Crippen molar-refractivity contribution in [3.63, 3.8) is 0 Å². The maximum Gasteiger partial charge on any atom is 0.310 e. The third-order valence-corrected chi connectivity index (χ3v) is 2.68. The van der Waals surface area contributed by atoms with Crippen LogP contribution in [0.1, 0.15) is 25.7 Å². The van der Waals surface area contributed by atoms with Crippen LogP contribution in [0, 0.1) is 11.8 Å². The third-order valence-electron chi connectivity index (χ3n) is 2.68. The van der Waals surface area contributed by atoms with Crippen molar-refractivity contribution in [2.45, 2.75) is 25.7 Å². The normalized spacial score (nSPS) is 25.6. The van der Waals surface area contributed by atoms with Gasteiger partial charge in [-0.3, -0.25) is 14.4 Å². The van der Waals surface area contributed by atoms with Gasteiger partial charge in [-0.2, -0.15) is 0 Å². The van der Waals surface area contributed by atoms with Gasteiger partial charge < -0.3 is 9.84 Å². The van der Waals surface area contributed by atoms with Gasteiger partial charge in [0.1, 0.15) is 6.61 Å². The van der Waals surface area contributed by atoms with Crippen molar-refractivity contribution in [3.05, 3.63) is 0 Å². The maximum atomic E-state index is 11.4. The fourth-order valence-electron chi connectivity index (χ4n) is 1.93. The number of carboxylic acids is 1. The number of carbonyl (C=O) groups excluding carboxylic acids is 2. The van der Waals surface area contributed by atoms with Gasteiger partial charge in [0, 0.05) is 0 Å². The lowest BCUT2D eigenvalue weighted by atomic mass is 9.79. The van der Waals surface area contributed by atoms with Crippen molar-refractivity contribution in [2.24, 2.45) is 11.8 Å². The second-order valence-electron chi connectivity index (χ2n) is 3.63. The predicted molar refractivity (Wildman–Crippen MR) is 50.1 cm³/mol. The summed E-state index contributed by atoms with van der Waals surface area (Å²) in [6.45, 7) is -0.290. The van der Waals surface area contributed by atoms with Gasteiger partial charge in [0.25, 0.3) is 0 Å². The van der Waals surface area contributed by atoms with Crippen LogP contribution in [-0.4, -0.2) is 29.9 Å². The minimum atomic E-state index is -0.956. The maximum absolute atomic E-state index is 11.4. The van der Waals surface area contributed by atoms with E-state index in [0.717, 1.165) is 12.8 Å². The minimum Gasteiger partial charge on any atom is -0.481 e. The van der Waals surface area contributed by atoms with Crippen molar-refractivity contribution >= 4 is 18.2 Å². The van der Waals surface area contributed by atoms with Gasteiger partial charge >= 0.3 is 11.9 Å². The van der Waals surface area contributed by atoms with Crippen molar-refractivity contribution in [1.29, 1.82) is 0 Å². The highest BCUT2D eigenvalue weighted by Crippen LogP contribution is 2.31. The molecule has 5 heteroatoms. The van der Waals surface area contributed by atoms with Crippen LogP contribution in [0.2, 0.25) is 0 Å². The van der Waals surface area contributed by atoms with Gasteiger partial charge in [-0.25, -0.2) is 0 Å². The molecule has 1 N–H and O–H groups in total. The molecule has 1 saturated carbocycles. The van der Waals surface area contributed by atoms with Crippen LogP contribution in [-0.2, 0) is 19.1 Å². The highest BCUT2D eigenvalue weighted by Gasteiger charge is 2.36. The van der Waals surface area contributed by atoms with E-state index in [4.69, 9.17) is 5.11 Å². The lowest BCUT2D eigenvalue weighted by molar-refractivity contribution is -0.160. The first-order chi connectivity index (χ1) is 7.16. The van der Waals surface area contributed by atoms with E-state index in [-0.39, 0.29) is 6.61 Å². The van der Waals surface area contributed by atoms with Crippen molar-refractivity contribution in [3.8, 4) is 0 Å². The third kappa shape index (κ3) is 3.04. The predicted octanol–water partition coefficient (Wildman–Crippen LogP) is 0.620. The smallest absolute Gasteiger partial charge is 0.310 e. The summed E-state index contributed by atoms with van der Waals surface area (Å²) in [6.07, 6.45) is 3.19. The molecule has 1 fully saturated rings. The van der Waals surface area contributed by atoms with Crippen molar-refractivity contribution in [2.75, 3.05) is 6.61 Å². The van der Waals surface area contributed by atoms with Gasteiger partial charge in [0.05, 0.1) is 11.8 Å². The topological polar surface area (TPSA) is 80.7 Å². The molecular formula is C10H14O5. The summed E-state index contributed by atoms with van der Waals surface area (Å²) >= 11 is 0. The van der Waals surface area contributed by atoms with Crippen LogP contribution < -0.4 is 0 Å². The summed E-state index contributed by atoms with van der Waals surface area (Å²) in [7, 11) is 0. The Hall–Kier alpha value is -1.39. The summed E-state index contributed by atoms with van der Waals surface area (Å²) in [5.74, 6) is -2.76. The van der Waals surface area contributed by atoms with E-state index < -0.39 is 23.8 Å². The zero-order valence-electron chi connectivity index (χ0n) is 8.35. The van der Waals surface area contributed by atoms with Crippen LogP contribution in [0.5, 0.6) is 0 Å². The second kappa shape index (κ2) is 5.48. The number of aldehydes is 1. The molecule has 0 heterocycles. The highest BCUT2D eigenvalue weighted by molar-refractivity contribution is 5.81. The Morgan fingerprint density at radius 3 is 2.40 bits per heavy atom. The van der Waals surface area contributed by atoms with Crippen LogP contribution in [0.3, 0.4) is 0 Å². The molecule has 1 aliphatic rings. The molecule has 2 atom stereocenters. The zero-order valence-corrected chi connectivity index (χ0v) is 8.35. The lowest BCUT2D eigenvalue weighted by Gasteiger charge is -2.26. The fourth-order valence-corrected chi connectivity index (χ4v) is 1.93. The van der Waals surface area contributed by atoms with E-state index in [1.165, 1.54) is 0 Å². The highest BCUT2D eigenvalue weighted by atomic mass is 16.5. The molecule has 0 bridgehead atoms. The molecule has 0 amide bonds. The van der Waals surface area contributed by atoms with Crippen LogP contribution >= 0.6 is 0 Å². The Kier molecular flexibility index (Phi) is 4.27. The summed E-state index contributed by atoms with van der Waals surface area (Å²) in [5.41, 5.74) is 0. The first-order valence-electron chi connectivity index (χ1n) is 5.00. The molecule has 0 aliphatic heterocycles. The van der Waals surface area contributed by atoms with E-state index in [9.17, 15) is 14.4 Å². The van der Waals surface area contributed by atoms with E-state index in [1.807, 2.05) is 0 Å². The first-order valence-corrected chi connectivity index (χ1v) is 5.00. The molecule has 0 saturated heterocycles. The fraction of sp³-hybridized carbons (Fsp3) is 0.700. The standard InChI is InChI=1S/C10H14O5/c11-5-6-15-10(14)8-4-2-1-3-7(8)9(12)13/h5,7-8H,1-4,6H2,(H,12,13). The SMILES string of the molecule is O=CCOC(=O)C1CCCCC1C(=O)O. The van der Waals surface area contributed by atoms with Crippen LogP contribution in [0.25, 0.3) is 0 Å². The average molecular weight is 214 g/mol. The second-order valence-corrected chi connectivity index (χ2v) is 3.63. The number of aliphatic carboxylic acids is 1. The molecule has 0 aromatic carbocycles. The number of hydrogen-bond acceptors (Lipinski definition) is 4. The van der Waals surface area contributed by atoms with Crippen molar-refractivity contribution in [1.82, 2.24) is 0 Å². The molecule has 0 aromatic heterocycles. The summed E-state index contributed by atoms with van der Waals surface area (Å²) < 4.78 is 4.64. The number of hydrogen-bond donors (Lipinski definition) is 1. The van der Waals surface area contributed by atoms with E-state index in [2.05, 4.69) is 4.74 Å². The largest absolute Gasteiger partial charge is 0.481 e.